The number of amides is 1. The summed E-state index contributed by atoms with van der Waals surface area (Å²) in [5, 5.41) is 0.354. The maximum Gasteiger partial charge on any atom is 0.279 e. The zero-order valence-corrected chi connectivity index (χ0v) is 17.6. The van der Waals surface area contributed by atoms with E-state index in [1.807, 2.05) is 17.0 Å². The van der Waals surface area contributed by atoms with Crippen LogP contribution in [-0.4, -0.2) is 56.5 Å². The first kappa shape index (κ1) is 19.8. The van der Waals surface area contributed by atoms with Crippen LogP contribution in [0.15, 0.2) is 53.5 Å². The Hall–Kier alpha value is -2.52. The Bertz CT molecular complexity index is 1070. The Morgan fingerprint density at radius 2 is 1.79 bits per heavy atom. The van der Waals surface area contributed by atoms with Crippen molar-refractivity contribution in [3.05, 3.63) is 54.1 Å². The standard InChI is InChI=1S/C20H20N2O5S2/c1-26-15-8-6-14(7-9-15)22-17-11-29(24,25)12-18(17)28-20(22)21-19(23)13-4-3-5-16(10-13)27-2/h3-10,17-18H,11-12H2,1-2H3. The van der Waals surface area contributed by atoms with E-state index >= 15 is 0 Å². The molecule has 0 aromatic heterocycles. The van der Waals surface area contributed by atoms with Crippen LogP contribution in [0.5, 0.6) is 11.5 Å². The van der Waals surface area contributed by atoms with Crippen molar-refractivity contribution in [3.8, 4) is 11.5 Å². The van der Waals surface area contributed by atoms with E-state index in [0.29, 0.717) is 22.2 Å². The van der Waals surface area contributed by atoms with Gasteiger partial charge in [0, 0.05) is 16.5 Å². The van der Waals surface area contributed by atoms with E-state index in [1.54, 1.807) is 43.5 Å². The molecule has 0 bridgehead atoms. The number of hydrogen-bond donors (Lipinski definition) is 0. The number of rotatable bonds is 4. The molecule has 0 aliphatic carbocycles. The van der Waals surface area contributed by atoms with Crippen LogP contribution >= 0.6 is 11.8 Å². The van der Waals surface area contributed by atoms with E-state index in [4.69, 9.17) is 9.47 Å². The highest BCUT2D eigenvalue weighted by Crippen LogP contribution is 2.41. The molecule has 2 fully saturated rings. The van der Waals surface area contributed by atoms with Gasteiger partial charge in [-0.15, -0.1) is 0 Å². The van der Waals surface area contributed by atoms with Crippen molar-refractivity contribution >= 4 is 38.4 Å². The van der Waals surface area contributed by atoms with Gasteiger partial charge in [-0.2, -0.15) is 4.99 Å². The molecule has 2 aliphatic rings. The lowest BCUT2D eigenvalue weighted by Crippen LogP contribution is -2.37. The summed E-state index contributed by atoms with van der Waals surface area (Å²) >= 11 is 1.34. The quantitative estimate of drug-likeness (QED) is 0.734. The predicted molar refractivity (Wildman–Crippen MR) is 114 cm³/mol. The molecule has 0 radical (unpaired) electrons. The van der Waals surface area contributed by atoms with Crippen molar-refractivity contribution in [1.82, 2.24) is 0 Å². The Morgan fingerprint density at radius 3 is 2.48 bits per heavy atom. The minimum atomic E-state index is -3.12. The van der Waals surface area contributed by atoms with Gasteiger partial charge < -0.3 is 14.4 Å². The summed E-state index contributed by atoms with van der Waals surface area (Å²) in [5.74, 6) is 1.00. The maximum absolute atomic E-state index is 12.8. The third kappa shape index (κ3) is 3.97. The first-order valence-electron chi connectivity index (χ1n) is 8.97. The molecule has 2 unspecified atom stereocenters. The fourth-order valence-corrected chi connectivity index (χ4v) is 7.43. The second kappa shape index (κ2) is 7.72. The van der Waals surface area contributed by atoms with E-state index in [0.717, 1.165) is 5.69 Å². The summed E-state index contributed by atoms with van der Waals surface area (Å²) in [5.41, 5.74) is 1.19. The molecule has 1 amide bonds. The number of carbonyl (C=O) groups excluding carboxylic acids is 1. The van der Waals surface area contributed by atoms with Gasteiger partial charge in [0.25, 0.3) is 5.91 Å². The van der Waals surface area contributed by atoms with Crippen molar-refractivity contribution in [2.45, 2.75) is 11.3 Å². The second-order valence-electron chi connectivity index (χ2n) is 6.80. The lowest BCUT2D eigenvalue weighted by atomic mass is 10.2. The highest BCUT2D eigenvalue weighted by molar-refractivity contribution is 8.16. The molecule has 9 heteroatoms. The van der Waals surface area contributed by atoms with E-state index in [1.165, 1.54) is 18.9 Å². The summed E-state index contributed by atoms with van der Waals surface area (Å²) in [7, 11) is 0.00440. The fourth-order valence-electron chi connectivity index (χ4n) is 3.52. The SMILES string of the molecule is COc1ccc(N2C(=NC(=O)c3cccc(OC)c3)SC3CS(=O)(=O)CC32)cc1. The fraction of sp³-hybridized carbons (Fsp3) is 0.300. The van der Waals surface area contributed by atoms with Crippen molar-refractivity contribution < 1.29 is 22.7 Å². The van der Waals surface area contributed by atoms with Gasteiger partial charge in [0.1, 0.15) is 11.5 Å². The lowest BCUT2D eigenvalue weighted by molar-refractivity contribution is 0.100. The normalized spacial score (nSPS) is 23.8. The van der Waals surface area contributed by atoms with Crippen molar-refractivity contribution in [2.75, 3.05) is 30.6 Å². The number of benzene rings is 2. The minimum absolute atomic E-state index is 0.0447. The van der Waals surface area contributed by atoms with E-state index in [-0.39, 0.29) is 22.8 Å². The number of methoxy groups -OCH3 is 2. The number of amidine groups is 1. The van der Waals surface area contributed by atoms with E-state index in [9.17, 15) is 13.2 Å². The van der Waals surface area contributed by atoms with Gasteiger partial charge in [-0.3, -0.25) is 4.79 Å². The van der Waals surface area contributed by atoms with Gasteiger partial charge in [-0.25, -0.2) is 8.42 Å². The zero-order valence-electron chi connectivity index (χ0n) is 15.9. The van der Waals surface area contributed by atoms with Gasteiger partial charge in [0.15, 0.2) is 15.0 Å². The van der Waals surface area contributed by atoms with Crippen LogP contribution in [0.3, 0.4) is 0 Å². The minimum Gasteiger partial charge on any atom is -0.497 e. The summed E-state index contributed by atoms with van der Waals surface area (Å²) in [6.45, 7) is 0. The number of carbonyl (C=O) groups is 1. The largest absolute Gasteiger partial charge is 0.497 e. The Kier molecular flexibility index (Phi) is 5.26. The van der Waals surface area contributed by atoms with Crippen LogP contribution in [0.25, 0.3) is 0 Å². The number of anilines is 1. The lowest BCUT2D eigenvalue weighted by Gasteiger charge is -2.24. The van der Waals surface area contributed by atoms with Crippen LogP contribution in [0.2, 0.25) is 0 Å². The zero-order chi connectivity index (χ0) is 20.6. The maximum atomic E-state index is 12.8. The highest BCUT2D eigenvalue weighted by atomic mass is 32.2. The summed E-state index contributed by atoms with van der Waals surface area (Å²) in [6.07, 6.45) is 0. The molecule has 2 aromatic rings. The average Bonchev–Trinajstić information content (AvgIpc) is 3.18. The smallest absolute Gasteiger partial charge is 0.279 e. The number of fused-ring (bicyclic) bond motifs is 1. The highest BCUT2D eigenvalue weighted by Gasteiger charge is 2.49. The molecule has 152 valence electrons. The Labute approximate surface area is 173 Å². The molecule has 0 saturated carbocycles. The Morgan fingerprint density at radius 1 is 1.07 bits per heavy atom. The monoisotopic (exact) mass is 432 g/mol. The van der Waals surface area contributed by atoms with Crippen molar-refractivity contribution in [2.24, 2.45) is 4.99 Å². The predicted octanol–water partition coefficient (Wildman–Crippen LogP) is 2.62. The molecule has 7 nitrogen and oxygen atoms in total. The number of sulfone groups is 1. The van der Waals surface area contributed by atoms with Gasteiger partial charge in [-0.05, 0) is 42.5 Å². The van der Waals surface area contributed by atoms with Crippen LogP contribution in [0.4, 0.5) is 5.69 Å². The Balaban J connectivity index is 1.70. The summed E-state index contributed by atoms with van der Waals surface area (Å²) in [6, 6.07) is 13.8. The first-order chi connectivity index (χ1) is 13.9. The van der Waals surface area contributed by atoms with E-state index < -0.39 is 15.7 Å². The molecule has 4 rings (SSSR count). The average molecular weight is 433 g/mol. The molecule has 2 aliphatic heterocycles. The van der Waals surface area contributed by atoms with Crippen LogP contribution in [0, 0.1) is 0 Å². The summed E-state index contributed by atoms with van der Waals surface area (Å²) < 4.78 is 34.7. The topological polar surface area (TPSA) is 85.3 Å². The number of ether oxygens (including phenoxy) is 2. The molecule has 2 aromatic carbocycles. The number of hydrogen-bond acceptors (Lipinski definition) is 6. The molecule has 29 heavy (non-hydrogen) atoms. The van der Waals surface area contributed by atoms with Gasteiger partial charge in [0.05, 0.1) is 31.8 Å². The third-order valence-electron chi connectivity index (χ3n) is 4.93. The number of thioether (sulfide) groups is 1. The second-order valence-corrected chi connectivity index (χ2v) is 10.2. The van der Waals surface area contributed by atoms with Gasteiger partial charge in [-0.1, -0.05) is 17.8 Å². The molecule has 2 heterocycles. The molecule has 2 saturated heterocycles. The third-order valence-corrected chi connectivity index (χ3v) is 8.14. The molecular weight excluding hydrogens is 412 g/mol. The summed E-state index contributed by atoms with van der Waals surface area (Å²) in [4.78, 5) is 19.0. The van der Waals surface area contributed by atoms with Crippen molar-refractivity contribution in [1.29, 1.82) is 0 Å². The molecular formula is C20H20N2O5S2. The van der Waals surface area contributed by atoms with E-state index in [2.05, 4.69) is 4.99 Å². The van der Waals surface area contributed by atoms with Crippen LogP contribution < -0.4 is 14.4 Å². The molecule has 0 spiro atoms. The van der Waals surface area contributed by atoms with Crippen LogP contribution in [0.1, 0.15) is 10.4 Å². The number of aliphatic imine (C=N–C) groups is 1. The van der Waals surface area contributed by atoms with Crippen LogP contribution in [-0.2, 0) is 9.84 Å². The molecule has 2 atom stereocenters. The first-order valence-corrected chi connectivity index (χ1v) is 11.7. The molecule has 0 N–H and O–H groups in total. The van der Waals surface area contributed by atoms with Gasteiger partial charge >= 0.3 is 0 Å². The number of nitrogens with zero attached hydrogens (tertiary/aromatic N) is 2. The van der Waals surface area contributed by atoms with Crippen molar-refractivity contribution in [3.63, 3.8) is 0 Å². The van der Waals surface area contributed by atoms with Gasteiger partial charge in [0.2, 0.25) is 0 Å².